The zero-order valence-corrected chi connectivity index (χ0v) is 15.1. The summed E-state index contributed by atoms with van der Waals surface area (Å²) in [5.41, 5.74) is 2.37. The van der Waals surface area contributed by atoms with Crippen molar-refractivity contribution in [3.8, 4) is 0 Å². The first kappa shape index (κ1) is 18.4. The second kappa shape index (κ2) is 8.76. The molecule has 4 nitrogen and oxygen atoms in total. The summed E-state index contributed by atoms with van der Waals surface area (Å²) in [4.78, 5) is 24.2. The third-order valence-corrected chi connectivity index (χ3v) is 4.73. The number of rotatable bonds is 6. The zero-order valence-electron chi connectivity index (χ0n) is 13.5. The van der Waals surface area contributed by atoms with Gasteiger partial charge in [-0.3, -0.25) is 9.59 Å². The van der Waals surface area contributed by atoms with E-state index in [1.807, 2.05) is 43.3 Å². The number of nitrogens with one attached hydrogen (secondary N) is 2. The molecule has 0 saturated carbocycles. The van der Waals surface area contributed by atoms with Gasteiger partial charge in [-0.2, -0.15) is 0 Å². The van der Waals surface area contributed by atoms with Crippen LogP contribution in [0.1, 0.15) is 12.5 Å². The summed E-state index contributed by atoms with van der Waals surface area (Å²) in [6, 6.07) is 14.6. The lowest BCUT2D eigenvalue weighted by molar-refractivity contribution is -0.115. The second-order valence-electron chi connectivity index (χ2n) is 5.32. The molecule has 2 N–H and O–H groups in total. The highest BCUT2D eigenvalue weighted by atomic mass is 35.5. The number of amides is 2. The van der Waals surface area contributed by atoms with Gasteiger partial charge in [-0.25, -0.2) is 0 Å². The molecule has 0 aliphatic carbocycles. The summed E-state index contributed by atoms with van der Waals surface area (Å²) >= 11 is 7.23. The highest BCUT2D eigenvalue weighted by molar-refractivity contribution is 8.01. The Hall–Kier alpha value is -1.98. The van der Waals surface area contributed by atoms with E-state index in [1.54, 1.807) is 19.1 Å². The number of halogens is 1. The van der Waals surface area contributed by atoms with E-state index >= 15 is 0 Å². The van der Waals surface area contributed by atoms with Gasteiger partial charge in [-0.05, 0) is 43.7 Å². The van der Waals surface area contributed by atoms with Crippen molar-refractivity contribution in [2.75, 3.05) is 16.4 Å². The van der Waals surface area contributed by atoms with Crippen LogP contribution in [0.4, 0.5) is 11.4 Å². The summed E-state index contributed by atoms with van der Waals surface area (Å²) in [6.07, 6.45) is 0. The van der Waals surface area contributed by atoms with Gasteiger partial charge in [-0.1, -0.05) is 35.9 Å². The number of thioether (sulfide) groups is 1. The SMILES string of the molecule is Cc1ccc(Cl)cc1NC(=O)C(C)SCC(=O)Nc1ccccc1. The van der Waals surface area contributed by atoms with Crippen molar-refractivity contribution in [1.29, 1.82) is 0 Å². The second-order valence-corrected chi connectivity index (χ2v) is 7.08. The van der Waals surface area contributed by atoms with Gasteiger partial charge in [0.1, 0.15) is 0 Å². The van der Waals surface area contributed by atoms with Crippen LogP contribution in [-0.4, -0.2) is 22.8 Å². The fraction of sp³-hybridized carbons (Fsp3) is 0.222. The Balaban J connectivity index is 1.83. The lowest BCUT2D eigenvalue weighted by atomic mass is 10.2. The monoisotopic (exact) mass is 362 g/mol. The molecule has 0 fully saturated rings. The molecule has 0 aliphatic rings. The molecule has 1 unspecified atom stereocenters. The summed E-state index contributed by atoms with van der Waals surface area (Å²) in [6.45, 7) is 3.67. The molecule has 0 heterocycles. The first-order valence-electron chi connectivity index (χ1n) is 7.49. The van der Waals surface area contributed by atoms with Gasteiger partial charge in [-0.15, -0.1) is 11.8 Å². The molecule has 2 aromatic carbocycles. The number of carbonyl (C=O) groups excluding carboxylic acids is 2. The van der Waals surface area contributed by atoms with Crippen LogP contribution in [0.3, 0.4) is 0 Å². The Morgan fingerprint density at radius 1 is 1.12 bits per heavy atom. The Kier molecular flexibility index (Phi) is 6.70. The van der Waals surface area contributed by atoms with Crippen molar-refractivity contribution < 1.29 is 9.59 Å². The third-order valence-electron chi connectivity index (χ3n) is 3.35. The number of hydrogen-bond acceptors (Lipinski definition) is 3. The molecule has 24 heavy (non-hydrogen) atoms. The maximum absolute atomic E-state index is 12.2. The number of benzene rings is 2. The van der Waals surface area contributed by atoms with Gasteiger partial charge in [0, 0.05) is 16.4 Å². The molecule has 0 aliphatic heterocycles. The normalized spacial score (nSPS) is 11.6. The smallest absolute Gasteiger partial charge is 0.237 e. The molecule has 2 amide bonds. The fourth-order valence-corrected chi connectivity index (χ4v) is 2.81. The molecule has 126 valence electrons. The predicted molar refractivity (Wildman–Crippen MR) is 102 cm³/mol. The molecule has 0 saturated heterocycles. The maximum Gasteiger partial charge on any atom is 0.237 e. The minimum absolute atomic E-state index is 0.134. The minimum atomic E-state index is -0.357. The zero-order chi connectivity index (χ0) is 17.5. The molecule has 1 atom stereocenters. The van der Waals surface area contributed by atoms with Crippen LogP contribution < -0.4 is 10.6 Å². The van der Waals surface area contributed by atoms with Crippen molar-refractivity contribution in [2.24, 2.45) is 0 Å². The molecule has 0 bridgehead atoms. The van der Waals surface area contributed by atoms with Gasteiger partial charge < -0.3 is 10.6 Å². The minimum Gasteiger partial charge on any atom is -0.325 e. The molecular weight excluding hydrogens is 344 g/mol. The van der Waals surface area contributed by atoms with Crippen molar-refractivity contribution in [2.45, 2.75) is 19.1 Å². The van der Waals surface area contributed by atoms with E-state index in [2.05, 4.69) is 10.6 Å². The summed E-state index contributed by atoms with van der Waals surface area (Å²) in [5.74, 6) is -0.0828. The van der Waals surface area contributed by atoms with Gasteiger partial charge in [0.2, 0.25) is 11.8 Å². The number of carbonyl (C=O) groups is 2. The highest BCUT2D eigenvalue weighted by Gasteiger charge is 2.16. The number of aryl methyl sites for hydroxylation is 1. The van der Waals surface area contributed by atoms with E-state index in [9.17, 15) is 9.59 Å². The van der Waals surface area contributed by atoms with Crippen LogP contribution in [0, 0.1) is 6.92 Å². The lowest BCUT2D eigenvalue weighted by Gasteiger charge is -2.14. The Morgan fingerprint density at radius 2 is 1.83 bits per heavy atom. The number of para-hydroxylation sites is 1. The molecule has 2 rings (SSSR count). The number of hydrogen-bond donors (Lipinski definition) is 2. The largest absolute Gasteiger partial charge is 0.325 e. The van der Waals surface area contributed by atoms with Crippen LogP contribution in [0.25, 0.3) is 0 Å². The molecule has 6 heteroatoms. The molecule has 2 aromatic rings. The van der Waals surface area contributed by atoms with E-state index in [1.165, 1.54) is 11.8 Å². The van der Waals surface area contributed by atoms with Crippen molar-refractivity contribution in [3.05, 3.63) is 59.1 Å². The first-order valence-corrected chi connectivity index (χ1v) is 8.92. The first-order chi connectivity index (χ1) is 11.5. The van der Waals surface area contributed by atoms with Gasteiger partial charge in [0.05, 0.1) is 11.0 Å². The quantitative estimate of drug-likeness (QED) is 0.803. The average molecular weight is 363 g/mol. The standard InChI is InChI=1S/C18H19ClN2O2S/c1-12-8-9-14(19)10-16(12)21-18(23)13(2)24-11-17(22)20-15-6-4-3-5-7-15/h3-10,13H,11H2,1-2H3,(H,20,22)(H,21,23). The predicted octanol–water partition coefficient (Wildman–Crippen LogP) is 4.35. The van der Waals surface area contributed by atoms with Gasteiger partial charge >= 0.3 is 0 Å². The van der Waals surface area contributed by atoms with E-state index in [0.717, 1.165) is 11.3 Å². The molecular formula is C18H19ClN2O2S. The van der Waals surface area contributed by atoms with E-state index in [0.29, 0.717) is 10.7 Å². The van der Waals surface area contributed by atoms with E-state index < -0.39 is 0 Å². The van der Waals surface area contributed by atoms with Crippen molar-refractivity contribution in [1.82, 2.24) is 0 Å². The summed E-state index contributed by atoms with van der Waals surface area (Å²) in [7, 11) is 0. The molecule has 0 spiro atoms. The van der Waals surface area contributed by atoms with Crippen LogP contribution >= 0.6 is 23.4 Å². The van der Waals surface area contributed by atoms with Crippen LogP contribution in [-0.2, 0) is 9.59 Å². The van der Waals surface area contributed by atoms with E-state index in [-0.39, 0.29) is 22.8 Å². The van der Waals surface area contributed by atoms with Gasteiger partial charge in [0.15, 0.2) is 0 Å². The van der Waals surface area contributed by atoms with Crippen molar-refractivity contribution >= 4 is 46.6 Å². The lowest BCUT2D eigenvalue weighted by Crippen LogP contribution is -2.25. The van der Waals surface area contributed by atoms with Gasteiger partial charge in [0.25, 0.3) is 0 Å². The summed E-state index contributed by atoms with van der Waals surface area (Å²) < 4.78 is 0. The highest BCUT2D eigenvalue weighted by Crippen LogP contribution is 2.22. The summed E-state index contributed by atoms with van der Waals surface area (Å²) in [5, 5.41) is 5.85. The number of anilines is 2. The topological polar surface area (TPSA) is 58.2 Å². The average Bonchev–Trinajstić information content (AvgIpc) is 2.57. The Bertz CT molecular complexity index is 722. The fourth-order valence-electron chi connectivity index (χ4n) is 1.96. The Labute approximate surface area is 151 Å². The van der Waals surface area contributed by atoms with Crippen LogP contribution in [0.15, 0.2) is 48.5 Å². The van der Waals surface area contributed by atoms with Crippen LogP contribution in [0.5, 0.6) is 0 Å². The maximum atomic E-state index is 12.2. The Morgan fingerprint density at radius 3 is 2.54 bits per heavy atom. The molecule has 0 radical (unpaired) electrons. The van der Waals surface area contributed by atoms with Crippen LogP contribution in [0.2, 0.25) is 5.02 Å². The van der Waals surface area contributed by atoms with Crippen molar-refractivity contribution in [3.63, 3.8) is 0 Å². The molecule has 0 aromatic heterocycles. The third kappa shape index (κ3) is 5.58. The van der Waals surface area contributed by atoms with E-state index in [4.69, 9.17) is 11.6 Å².